The molecule has 0 atom stereocenters. The summed E-state index contributed by atoms with van der Waals surface area (Å²) in [6, 6.07) is 6.40. The normalized spacial score (nSPS) is 11.4. The third kappa shape index (κ3) is 6.42. The van der Waals surface area contributed by atoms with Crippen molar-refractivity contribution in [2.75, 3.05) is 0 Å². The number of hydrogen-bond acceptors (Lipinski definition) is 3. The van der Waals surface area contributed by atoms with Gasteiger partial charge in [-0.05, 0) is 17.7 Å². The first kappa shape index (κ1) is 15.8. The van der Waals surface area contributed by atoms with Gasteiger partial charge < -0.3 is 0 Å². The van der Waals surface area contributed by atoms with Crippen molar-refractivity contribution in [2.45, 2.75) is 37.3 Å². The highest BCUT2D eigenvalue weighted by Crippen LogP contribution is 2.23. The van der Waals surface area contributed by atoms with E-state index in [9.17, 15) is 22.8 Å². The number of thioether (sulfide) groups is 1. The van der Waals surface area contributed by atoms with Crippen LogP contribution >= 0.6 is 11.8 Å². The van der Waals surface area contributed by atoms with Gasteiger partial charge in [0.15, 0.2) is 5.12 Å². The average molecular weight is 290 g/mol. The number of carbonyl (C=O) groups excluding carboxylic acids is 2. The summed E-state index contributed by atoms with van der Waals surface area (Å²) in [4.78, 5) is 23.1. The predicted molar refractivity (Wildman–Crippen MR) is 67.0 cm³/mol. The van der Waals surface area contributed by atoms with Crippen LogP contribution in [0.15, 0.2) is 29.2 Å². The van der Waals surface area contributed by atoms with Crippen molar-refractivity contribution >= 4 is 22.7 Å². The van der Waals surface area contributed by atoms with Crippen LogP contribution in [0, 0.1) is 0 Å². The van der Waals surface area contributed by atoms with Crippen LogP contribution in [0.4, 0.5) is 13.2 Å². The van der Waals surface area contributed by atoms with E-state index in [1.54, 1.807) is 31.2 Å². The Bertz CT molecular complexity index is 452. The molecule has 0 unspecified atom stereocenters. The number of halogens is 3. The molecule has 0 bridgehead atoms. The molecule has 0 radical (unpaired) electrons. The largest absolute Gasteiger partial charge is 0.395 e. The van der Waals surface area contributed by atoms with Gasteiger partial charge in [0.25, 0.3) is 0 Å². The van der Waals surface area contributed by atoms with Gasteiger partial charge in [-0.3, -0.25) is 9.59 Å². The minimum Gasteiger partial charge on any atom is -0.299 e. The summed E-state index contributed by atoms with van der Waals surface area (Å²) in [6.45, 7) is 1.75. The number of hydrogen-bond donors (Lipinski definition) is 0. The molecule has 1 aromatic carbocycles. The maximum atomic E-state index is 12.0. The lowest BCUT2D eigenvalue weighted by Gasteiger charge is -2.06. The van der Waals surface area contributed by atoms with Gasteiger partial charge in [0.05, 0.1) is 0 Å². The highest BCUT2D eigenvalue weighted by molar-refractivity contribution is 8.13. The molecule has 0 aliphatic carbocycles. The molecule has 1 aromatic rings. The van der Waals surface area contributed by atoms with Crippen LogP contribution in [-0.2, 0) is 16.0 Å². The van der Waals surface area contributed by atoms with E-state index in [1.165, 1.54) is 0 Å². The van der Waals surface area contributed by atoms with E-state index < -0.39 is 18.4 Å². The highest BCUT2D eigenvalue weighted by atomic mass is 32.2. The molecule has 0 saturated carbocycles. The average Bonchev–Trinajstić information content (AvgIpc) is 2.29. The van der Waals surface area contributed by atoms with Crippen molar-refractivity contribution in [1.29, 1.82) is 0 Å². The van der Waals surface area contributed by atoms with Crippen molar-refractivity contribution in [1.82, 2.24) is 0 Å². The molecule has 0 spiro atoms. The van der Waals surface area contributed by atoms with Gasteiger partial charge in [-0.2, -0.15) is 13.2 Å². The molecule has 0 aromatic heterocycles. The Labute approximate surface area is 113 Å². The van der Waals surface area contributed by atoms with Crippen LogP contribution in [0.5, 0.6) is 0 Å². The molecule has 0 fully saturated rings. The lowest BCUT2D eigenvalue weighted by Crippen LogP contribution is -2.16. The van der Waals surface area contributed by atoms with Gasteiger partial charge in [0, 0.05) is 17.7 Å². The Morgan fingerprint density at radius 2 is 1.74 bits per heavy atom. The van der Waals surface area contributed by atoms with E-state index in [0.29, 0.717) is 12.0 Å². The molecule has 0 aliphatic rings. The smallest absolute Gasteiger partial charge is 0.299 e. The lowest BCUT2D eigenvalue weighted by atomic mass is 10.1. The second kappa shape index (κ2) is 6.75. The van der Waals surface area contributed by atoms with Crippen LogP contribution in [0.2, 0.25) is 0 Å². The second-order valence-electron chi connectivity index (χ2n) is 3.98. The molecule has 0 aliphatic heterocycles. The van der Waals surface area contributed by atoms with E-state index in [-0.39, 0.29) is 11.5 Å². The minimum atomic E-state index is -4.46. The molecule has 0 amide bonds. The van der Waals surface area contributed by atoms with Crippen molar-refractivity contribution in [3.8, 4) is 0 Å². The van der Waals surface area contributed by atoms with Crippen molar-refractivity contribution in [3.05, 3.63) is 29.8 Å². The maximum absolute atomic E-state index is 12.0. The van der Waals surface area contributed by atoms with Gasteiger partial charge in [-0.15, -0.1) is 0 Å². The number of Topliss-reactive ketones (excluding diaryl/α,β-unsaturated/α-hetero) is 1. The van der Waals surface area contributed by atoms with E-state index in [4.69, 9.17) is 0 Å². The van der Waals surface area contributed by atoms with Gasteiger partial charge in [-0.25, -0.2) is 0 Å². The number of benzene rings is 1. The Balaban J connectivity index is 2.57. The van der Waals surface area contributed by atoms with E-state index in [0.717, 1.165) is 16.7 Å². The summed E-state index contributed by atoms with van der Waals surface area (Å²) >= 11 is 1.08. The molecule has 2 nitrogen and oxygen atoms in total. The summed E-state index contributed by atoms with van der Waals surface area (Å²) in [5, 5.41) is 0.0147. The Morgan fingerprint density at radius 1 is 1.16 bits per heavy atom. The van der Waals surface area contributed by atoms with Crippen LogP contribution < -0.4 is 0 Å². The summed E-state index contributed by atoms with van der Waals surface area (Å²) in [7, 11) is 0. The van der Waals surface area contributed by atoms with E-state index in [2.05, 4.69) is 0 Å². The summed E-state index contributed by atoms with van der Waals surface area (Å²) < 4.78 is 36.0. The number of ketones is 1. The zero-order chi connectivity index (χ0) is 14.5. The number of alkyl halides is 3. The summed E-state index contributed by atoms with van der Waals surface area (Å²) in [5.74, 6) is -0.863. The Morgan fingerprint density at radius 3 is 2.21 bits per heavy atom. The summed E-state index contributed by atoms with van der Waals surface area (Å²) in [6.07, 6.45) is -5.69. The van der Waals surface area contributed by atoms with Crippen molar-refractivity contribution < 1.29 is 22.8 Å². The third-order valence-electron chi connectivity index (χ3n) is 2.24. The molecule has 6 heteroatoms. The molecular formula is C13H13F3O2S. The Hall–Kier alpha value is -1.30. The molecule has 0 heterocycles. The zero-order valence-corrected chi connectivity index (χ0v) is 11.1. The SMILES string of the molecule is CCC(=O)Sc1ccc(CC(=O)CC(F)(F)F)cc1. The first-order valence-corrected chi connectivity index (χ1v) is 6.50. The number of carbonyl (C=O) groups is 2. The van der Waals surface area contributed by atoms with Gasteiger partial charge in [-0.1, -0.05) is 30.8 Å². The molecule has 0 N–H and O–H groups in total. The van der Waals surface area contributed by atoms with Crippen LogP contribution in [0.1, 0.15) is 25.3 Å². The fourth-order valence-electron chi connectivity index (χ4n) is 1.39. The fraction of sp³-hybridized carbons (Fsp3) is 0.385. The molecule has 104 valence electrons. The topological polar surface area (TPSA) is 34.1 Å². The molecular weight excluding hydrogens is 277 g/mol. The van der Waals surface area contributed by atoms with Crippen LogP contribution in [0.25, 0.3) is 0 Å². The molecule has 0 saturated heterocycles. The van der Waals surface area contributed by atoms with Crippen LogP contribution in [0.3, 0.4) is 0 Å². The molecule has 1 rings (SSSR count). The third-order valence-corrected chi connectivity index (χ3v) is 3.27. The van der Waals surface area contributed by atoms with Crippen molar-refractivity contribution in [3.63, 3.8) is 0 Å². The van der Waals surface area contributed by atoms with Gasteiger partial charge in [0.2, 0.25) is 0 Å². The van der Waals surface area contributed by atoms with Crippen LogP contribution in [-0.4, -0.2) is 17.1 Å². The van der Waals surface area contributed by atoms with Gasteiger partial charge in [0.1, 0.15) is 12.2 Å². The van der Waals surface area contributed by atoms with Crippen molar-refractivity contribution in [2.24, 2.45) is 0 Å². The summed E-state index contributed by atoms with van der Waals surface area (Å²) in [5.41, 5.74) is 0.516. The maximum Gasteiger partial charge on any atom is 0.395 e. The predicted octanol–water partition coefficient (Wildman–Crippen LogP) is 3.78. The highest BCUT2D eigenvalue weighted by Gasteiger charge is 2.30. The standard InChI is InChI=1S/C13H13F3O2S/c1-2-12(18)19-11-5-3-9(4-6-11)7-10(17)8-13(14,15)16/h3-6H,2,7-8H2,1H3. The molecule has 19 heavy (non-hydrogen) atoms. The Kier molecular flexibility index (Phi) is 5.60. The first-order valence-electron chi connectivity index (χ1n) is 5.68. The monoisotopic (exact) mass is 290 g/mol. The second-order valence-corrected chi connectivity index (χ2v) is 5.11. The quantitative estimate of drug-likeness (QED) is 0.774. The lowest BCUT2D eigenvalue weighted by molar-refractivity contribution is -0.151. The van der Waals surface area contributed by atoms with Gasteiger partial charge >= 0.3 is 6.18 Å². The number of rotatable bonds is 5. The first-order chi connectivity index (χ1) is 8.80. The fourth-order valence-corrected chi connectivity index (χ4v) is 2.07. The van der Waals surface area contributed by atoms with E-state index in [1.807, 2.05) is 0 Å². The van der Waals surface area contributed by atoms with E-state index >= 15 is 0 Å². The zero-order valence-electron chi connectivity index (χ0n) is 10.3. The minimum absolute atomic E-state index is 0.0147.